The molecule has 2 rings (SSSR count). The van der Waals surface area contributed by atoms with Crippen LogP contribution in [-0.4, -0.2) is 40.6 Å². The molecule has 4 heteroatoms. The zero-order valence-electron chi connectivity index (χ0n) is 10.8. The first-order valence-electron chi connectivity index (χ1n) is 6.29. The van der Waals surface area contributed by atoms with Gasteiger partial charge in [-0.15, -0.1) is 6.58 Å². The van der Waals surface area contributed by atoms with Crippen LogP contribution in [0, 0.1) is 6.92 Å². The lowest BCUT2D eigenvalue weighted by atomic mass is 10.1. The van der Waals surface area contributed by atoms with E-state index in [-0.39, 0.29) is 0 Å². The lowest BCUT2D eigenvalue weighted by molar-refractivity contribution is 0.260. The van der Waals surface area contributed by atoms with Crippen molar-refractivity contribution < 1.29 is 0 Å². The van der Waals surface area contributed by atoms with Gasteiger partial charge in [0.15, 0.2) is 0 Å². The number of hydrogen-bond acceptors (Lipinski definition) is 3. The first-order valence-corrected chi connectivity index (χ1v) is 6.29. The Labute approximate surface area is 103 Å². The maximum Gasteiger partial charge on any atom is 0.203 e. The van der Waals surface area contributed by atoms with Crippen molar-refractivity contribution in [3.05, 3.63) is 24.5 Å². The molecule has 1 aliphatic heterocycles. The minimum atomic E-state index is 0.513. The molecule has 0 saturated carbocycles. The molecule has 94 valence electrons. The molecule has 17 heavy (non-hydrogen) atoms. The summed E-state index contributed by atoms with van der Waals surface area (Å²) in [7, 11) is 2.18. The Balaban J connectivity index is 2.03. The van der Waals surface area contributed by atoms with Crippen LogP contribution in [0.2, 0.25) is 0 Å². The number of aryl methyl sites for hydroxylation is 1. The molecule has 1 saturated heterocycles. The molecule has 1 aromatic heterocycles. The number of nitrogens with one attached hydrogen (secondary N) is 1. The second-order valence-corrected chi connectivity index (χ2v) is 4.89. The summed E-state index contributed by atoms with van der Waals surface area (Å²) in [5.41, 5.74) is 1.05. The molecule has 0 spiro atoms. The normalized spacial score (nSPS) is 21.4. The van der Waals surface area contributed by atoms with Gasteiger partial charge in [-0.3, -0.25) is 0 Å². The van der Waals surface area contributed by atoms with Crippen molar-refractivity contribution in [1.82, 2.24) is 14.5 Å². The number of hydrogen-bond donors (Lipinski definition) is 1. The van der Waals surface area contributed by atoms with E-state index in [0.29, 0.717) is 6.04 Å². The molecule has 2 heterocycles. The summed E-state index contributed by atoms with van der Waals surface area (Å²) in [6.45, 7) is 8.92. The van der Waals surface area contributed by atoms with E-state index in [1.807, 2.05) is 13.0 Å². The Hall–Kier alpha value is -1.29. The van der Waals surface area contributed by atoms with Crippen LogP contribution in [-0.2, 0) is 6.54 Å². The van der Waals surface area contributed by atoms with Gasteiger partial charge in [-0.05, 0) is 33.4 Å². The Morgan fingerprint density at radius 1 is 1.65 bits per heavy atom. The first kappa shape index (κ1) is 12.2. The second-order valence-electron chi connectivity index (χ2n) is 4.89. The molecule has 1 atom stereocenters. The number of nitrogens with zero attached hydrogens (tertiary/aromatic N) is 3. The van der Waals surface area contributed by atoms with E-state index in [0.717, 1.165) is 24.7 Å². The molecule has 1 N–H and O–H groups in total. The molecule has 1 unspecified atom stereocenters. The van der Waals surface area contributed by atoms with Gasteiger partial charge in [-0.25, -0.2) is 4.98 Å². The largest absolute Gasteiger partial charge is 0.352 e. The van der Waals surface area contributed by atoms with E-state index >= 15 is 0 Å². The lowest BCUT2D eigenvalue weighted by Crippen LogP contribution is -2.40. The van der Waals surface area contributed by atoms with Crippen LogP contribution in [0.5, 0.6) is 0 Å². The number of aromatic nitrogens is 2. The van der Waals surface area contributed by atoms with Crippen molar-refractivity contribution in [1.29, 1.82) is 0 Å². The Morgan fingerprint density at radius 3 is 3.18 bits per heavy atom. The van der Waals surface area contributed by atoms with Crippen molar-refractivity contribution in [2.24, 2.45) is 0 Å². The summed E-state index contributed by atoms with van der Waals surface area (Å²) in [4.78, 5) is 6.90. The van der Waals surface area contributed by atoms with Crippen molar-refractivity contribution in [3.63, 3.8) is 0 Å². The molecular formula is C13H22N4. The highest BCUT2D eigenvalue weighted by Gasteiger charge is 2.18. The summed E-state index contributed by atoms with van der Waals surface area (Å²) in [5.74, 6) is 0.975. The molecule has 0 amide bonds. The fourth-order valence-electron chi connectivity index (χ4n) is 2.41. The van der Waals surface area contributed by atoms with E-state index in [9.17, 15) is 0 Å². The van der Waals surface area contributed by atoms with Crippen molar-refractivity contribution >= 4 is 5.95 Å². The zero-order chi connectivity index (χ0) is 12.3. The van der Waals surface area contributed by atoms with Crippen LogP contribution in [0.15, 0.2) is 18.9 Å². The first-order chi connectivity index (χ1) is 8.19. The molecule has 0 aliphatic carbocycles. The topological polar surface area (TPSA) is 33.1 Å². The fraction of sp³-hybridized carbons (Fsp3) is 0.615. The third kappa shape index (κ3) is 3.09. The third-order valence-corrected chi connectivity index (χ3v) is 3.18. The maximum atomic E-state index is 4.53. The zero-order valence-corrected chi connectivity index (χ0v) is 10.8. The smallest absolute Gasteiger partial charge is 0.203 e. The summed E-state index contributed by atoms with van der Waals surface area (Å²) in [6, 6.07) is 0.513. The Bertz CT molecular complexity index is 383. The lowest BCUT2D eigenvalue weighted by Gasteiger charge is -2.30. The number of allylic oxidation sites excluding steroid dienone is 1. The van der Waals surface area contributed by atoms with Gasteiger partial charge in [-0.1, -0.05) is 6.08 Å². The highest BCUT2D eigenvalue weighted by molar-refractivity contribution is 5.31. The molecular weight excluding hydrogens is 212 g/mol. The van der Waals surface area contributed by atoms with Crippen molar-refractivity contribution in [2.75, 3.05) is 25.5 Å². The molecule has 0 aromatic carbocycles. The average molecular weight is 234 g/mol. The van der Waals surface area contributed by atoms with E-state index in [4.69, 9.17) is 0 Å². The van der Waals surface area contributed by atoms with Gasteiger partial charge in [0.2, 0.25) is 5.95 Å². The van der Waals surface area contributed by atoms with Gasteiger partial charge >= 0.3 is 0 Å². The van der Waals surface area contributed by atoms with Crippen LogP contribution in [0.4, 0.5) is 5.95 Å². The van der Waals surface area contributed by atoms with Crippen LogP contribution < -0.4 is 5.32 Å². The summed E-state index contributed by atoms with van der Waals surface area (Å²) >= 11 is 0. The summed E-state index contributed by atoms with van der Waals surface area (Å²) < 4.78 is 2.12. The molecule has 0 radical (unpaired) electrons. The van der Waals surface area contributed by atoms with Gasteiger partial charge in [0.25, 0.3) is 0 Å². The Morgan fingerprint density at radius 2 is 2.47 bits per heavy atom. The number of imidazole rings is 1. The third-order valence-electron chi connectivity index (χ3n) is 3.18. The second kappa shape index (κ2) is 5.36. The van der Waals surface area contributed by atoms with E-state index < -0.39 is 0 Å². The van der Waals surface area contributed by atoms with Crippen LogP contribution in [0.25, 0.3) is 0 Å². The van der Waals surface area contributed by atoms with Gasteiger partial charge in [-0.2, -0.15) is 0 Å². The van der Waals surface area contributed by atoms with Gasteiger partial charge < -0.3 is 14.8 Å². The minimum Gasteiger partial charge on any atom is -0.352 e. The monoisotopic (exact) mass is 234 g/mol. The number of piperidine rings is 1. The molecule has 1 aliphatic rings. The summed E-state index contributed by atoms with van der Waals surface area (Å²) in [5, 5.41) is 3.55. The van der Waals surface area contributed by atoms with Crippen molar-refractivity contribution in [3.8, 4) is 0 Å². The predicted octanol–water partition coefficient (Wildman–Crippen LogP) is 1.88. The van der Waals surface area contributed by atoms with Crippen LogP contribution in [0.3, 0.4) is 0 Å². The fourth-order valence-corrected chi connectivity index (χ4v) is 2.41. The molecule has 4 nitrogen and oxygen atoms in total. The maximum absolute atomic E-state index is 4.53. The van der Waals surface area contributed by atoms with Gasteiger partial charge in [0, 0.05) is 25.3 Å². The van der Waals surface area contributed by atoms with Crippen molar-refractivity contribution in [2.45, 2.75) is 32.4 Å². The number of rotatable bonds is 4. The predicted molar refractivity (Wildman–Crippen MR) is 71.3 cm³/mol. The standard InChI is InChI=1S/C13H22N4/c1-4-7-17-9-11(2)14-13(17)15-12-6-5-8-16(3)10-12/h4,9,12H,1,5-8,10H2,2-3H3,(H,14,15). The highest BCUT2D eigenvalue weighted by Crippen LogP contribution is 2.15. The number of likely N-dealkylation sites (N-methyl/N-ethyl adjacent to an activating group) is 1. The van der Waals surface area contributed by atoms with E-state index in [1.165, 1.54) is 19.4 Å². The molecule has 1 aromatic rings. The number of likely N-dealkylation sites (tertiary alicyclic amines) is 1. The molecule has 1 fully saturated rings. The van der Waals surface area contributed by atoms with Gasteiger partial charge in [0.05, 0.1) is 5.69 Å². The molecule has 0 bridgehead atoms. The SMILES string of the molecule is C=CCn1cc(C)nc1NC1CCCN(C)C1. The summed E-state index contributed by atoms with van der Waals surface area (Å²) in [6.07, 6.45) is 6.45. The van der Waals surface area contributed by atoms with Crippen LogP contribution in [0.1, 0.15) is 18.5 Å². The highest BCUT2D eigenvalue weighted by atomic mass is 15.2. The number of anilines is 1. The van der Waals surface area contributed by atoms with E-state index in [2.05, 4.69) is 39.6 Å². The van der Waals surface area contributed by atoms with Gasteiger partial charge in [0.1, 0.15) is 0 Å². The van der Waals surface area contributed by atoms with E-state index in [1.54, 1.807) is 0 Å². The quantitative estimate of drug-likeness (QED) is 0.808. The minimum absolute atomic E-state index is 0.513. The Kier molecular flexibility index (Phi) is 3.84. The average Bonchev–Trinajstić information content (AvgIpc) is 2.59. The van der Waals surface area contributed by atoms with Crippen LogP contribution >= 0.6 is 0 Å².